The van der Waals surface area contributed by atoms with Crippen LogP contribution < -0.4 is 4.74 Å². The highest BCUT2D eigenvalue weighted by molar-refractivity contribution is 7.98. The number of aromatic nitrogens is 2. The zero-order valence-corrected chi connectivity index (χ0v) is 22.7. The van der Waals surface area contributed by atoms with Crippen LogP contribution in [0.3, 0.4) is 0 Å². The molecule has 4 rings (SSSR count). The summed E-state index contributed by atoms with van der Waals surface area (Å²) in [5, 5.41) is 0.213. The number of nitrogens with one attached hydrogen (secondary N) is 1. The number of ether oxygens (including phenoxy) is 1. The molecule has 0 aliphatic carbocycles. The van der Waals surface area contributed by atoms with Crippen LogP contribution in [0, 0.1) is 17.5 Å². The first-order chi connectivity index (χ1) is 17.8. The molecule has 0 unspecified atom stereocenters. The van der Waals surface area contributed by atoms with Crippen molar-refractivity contribution in [2.24, 2.45) is 0 Å². The van der Waals surface area contributed by atoms with E-state index in [9.17, 15) is 26.1 Å². The molecule has 3 aromatic carbocycles. The molecule has 1 aromatic heterocycles. The Labute approximate surface area is 227 Å². The number of hydrogen-bond donors (Lipinski definition) is 2. The van der Waals surface area contributed by atoms with Crippen LogP contribution in [-0.4, -0.2) is 30.0 Å². The average molecular weight is 583 g/mol. The largest absolute Gasteiger partial charge is 0.494 e. The van der Waals surface area contributed by atoms with E-state index in [1.54, 1.807) is 24.3 Å². The van der Waals surface area contributed by atoms with Crippen LogP contribution in [0.2, 0.25) is 5.02 Å². The van der Waals surface area contributed by atoms with Gasteiger partial charge in [-0.2, -0.15) is 8.42 Å². The fourth-order valence-corrected chi connectivity index (χ4v) is 5.73. The Morgan fingerprint density at radius 1 is 1.05 bits per heavy atom. The number of hydrogen-bond acceptors (Lipinski definition) is 5. The van der Waals surface area contributed by atoms with Gasteiger partial charge in [-0.1, -0.05) is 43.3 Å². The van der Waals surface area contributed by atoms with E-state index in [1.165, 1.54) is 25.3 Å². The number of methoxy groups -OCH3 is 1. The topological polar surface area (TPSA) is 92.3 Å². The minimum atomic E-state index is -4.63. The number of aromatic amines is 1. The van der Waals surface area contributed by atoms with Crippen molar-refractivity contribution in [3.05, 3.63) is 93.9 Å². The summed E-state index contributed by atoms with van der Waals surface area (Å²) >= 11 is 7.22. The summed E-state index contributed by atoms with van der Waals surface area (Å²) in [6.07, 6.45) is 0. The molecule has 0 aliphatic heterocycles. The molecule has 4 aromatic rings. The molecule has 0 saturated carbocycles. The highest BCUT2D eigenvalue weighted by atomic mass is 35.5. The molecule has 0 fully saturated rings. The zero-order chi connectivity index (χ0) is 27.8. The van der Waals surface area contributed by atoms with Gasteiger partial charge in [0.15, 0.2) is 16.7 Å². The fourth-order valence-electron chi connectivity index (χ4n) is 3.89. The van der Waals surface area contributed by atoms with E-state index in [0.29, 0.717) is 33.7 Å². The minimum absolute atomic E-state index is 0.0168. The van der Waals surface area contributed by atoms with Gasteiger partial charge in [0.05, 0.1) is 23.4 Å². The lowest BCUT2D eigenvalue weighted by Gasteiger charge is -2.26. The molecule has 38 heavy (non-hydrogen) atoms. The maximum absolute atomic E-state index is 14.7. The standard InChI is InChI=1S/C26H22ClF3N2O4S2/c1-26(2,15-6-9-20(29)22(10-15)36-3)24-23(14-4-7-16(28)8-5-14)31-25(32-24)37-13-18-19(27)11-17(12-21(18)30)38(33,34)35/h4-12H,13H2,1-3H3,(H,31,32)(H,33,34,35). The van der Waals surface area contributed by atoms with Gasteiger partial charge in [0.1, 0.15) is 11.6 Å². The Morgan fingerprint density at radius 3 is 2.34 bits per heavy atom. The molecule has 6 nitrogen and oxygen atoms in total. The van der Waals surface area contributed by atoms with Crippen molar-refractivity contribution in [1.82, 2.24) is 9.97 Å². The van der Waals surface area contributed by atoms with Crippen molar-refractivity contribution in [1.29, 1.82) is 0 Å². The van der Waals surface area contributed by atoms with Crippen LogP contribution in [-0.2, 0) is 21.3 Å². The van der Waals surface area contributed by atoms with Crippen molar-refractivity contribution in [2.75, 3.05) is 7.11 Å². The van der Waals surface area contributed by atoms with Crippen LogP contribution in [0.1, 0.15) is 30.7 Å². The summed E-state index contributed by atoms with van der Waals surface area (Å²) in [6.45, 7) is 3.80. The molecule has 0 atom stereocenters. The number of benzene rings is 3. The third-order valence-electron chi connectivity index (χ3n) is 6.06. The van der Waals surface area contributed by atoms with E-state index in [0.717, 1.165) is 17.8 Å². The first-order valence-electron chi connectivity index (χ1n) is 11.1. The molecule has 0 saturated heterocycles. The smallest absolute Gasteiger partial charge is 0.294 e. The number of rotatable bonds is 8. The quantitative estimate of drug-likeness (QED) is 0.171. The summed E-state index contributed by atoms with van der Waals surface area (Å²) in [6, 6.07) is 12.0. The van der Waals surface area contributed by atoms with Gasteiger partial charge < -0.3 is 9.72 Å². The van der Waals surface area contributed by atoms with Gasteiger partial charge in [-0.3, -0.25) is 4.55 Å². The predicted octanol–water partition coefficient (Wildman–Crippen LogP) is 7.02. The fraction of sp³-hybridized carbons (Fsp3) is 0.192. The third-order valence-corrected chi connectivity index (χ3v) is 8.13. The van der Waals surface area contributed by atoms with Crippen molar-refractivity contribution < 1.29 is 30.9 Å². The molecule has 200 valence electrons. The first-order valence-corrected chi connectivity index (χ1v) is 13.9. The van der Waals surface area contributed by atoms with Gasteiger partial charge in [0, 0.05) is 27.3 Å². The summed E-state index contributed by atoms with van der Waals surface area (Å²) < 4.78 is 79.4. The zero-order valence-electron chi connectivity index (χ0n) is 20.4. The Hall–Kier alpha value is -2.99. The second kappa shape index (κ2) is 10.6. The molecule has 0 amide bonds. The third kappa shape index (κ3) is 5.70. The van der Waals surface area contributed by atoms with E-state index >= 15 is 0 Å². The highest BCUT2D eigenvalue weighted by Crippen LogP contribution is 2.40. The Morgan fingerprint density at radius 2 is 1.74 bits per heavy atom. The molecular weight excluding hydrogens is 561 g/mol. The number of halogens is 4. The lowest BCUT2D eigenvalue weighted by molar-refractivity contribution is 0.384. The summed E-state index contributed by atoms with van der Waals surface area (Å²) in [5.41, 5.74) is 1.74. The number of imidazole rings is 1. The Balaban J connectivity index is 1.75. The second-order valence-electron chi connectivity index (χ2n) is 8.88. The molecule has 2 N–H and O–H groups in total. The molecule has 0 aliphatic rings. The second-order valence-corrected chi connectivity index (χ2v) is 11.7. The average Bonchev–Trinajstić information content (AvgIpc) is 3.28. The Kier molecular flexibility index (Phi) is 7.85. The monoisotopic (exact) mass is 582 g/mol. The van der Waals surface area contributed by atoms with Crippen LogP contribution in [0.15, 0.2) is 64.6 Å². The highest BCUT2D eigenvalue weighted by Gasteiger charge is 2.31. The van der Waals surface area contributed by atoms with E-state index < -0.39 is 37.9 Å². The van der Waals surface area contributed by atoms with E-state index in [2.05, 4.69) is 9.97 Å². The lowest BCUT2D eigenvalue weighted by atomic mass is 9.79. The maximum Gasteiger partial charge on any atom is 0.294 e. The van der Waals surface area contributed by atoms with E-state index in [4.69, 9.17) is 16.3 Å². The van der Waals surface area contributed by atoms with E-state index in [-0.39, 0.29) is 22.1 Å². The molecule has 12 heteroatoms. The maximum atomic E-state index is 14.7. The van der Waals surface area contributed by atoms with Crippen molar-refractivity contribution in [3.63, 3.8) is 0 Å². The number of nitrogens with zero attached hydrogens (tertiary/aromatic N) is 1. The van der Waals surface area contributed by atoms with Crippen molar-refractivity contribution in [2.45, 2.75) is 35.1 Å². The van der Waals surface area contributed by atoms with Crippen LogP contribution >= 0.6 is 23.4 Å². The molecule has 1 heterocycles. The normalized spacial score (nSPS) is 12.1. The summed E-state index contributed by atoms with van der Waals surface area (Å²) in [4.78, 5) is 7.28. The predicted molar refractivity (Wildman–Crippen MR) is 140 cm³/mol. The van der Waals surface area contributed by atoms with Gasteiger partial charge in [-0.05, 0) is 54.1 Å². The van der Waals surface area contributed by atoms with Gasteiger partial charge in [-0.15, -0.1) is 0 Å². The Bertz CT molecular complexity index is 1580. The molecule has 0 radical (unpaired) electrons. The van der Waals surface area contributed by atoms with Crippen molar-refractivity contribution >= 4 is 33.5 Å². The van der Waals surface area contributed by atoms with Gasteiger partial charge in [-0.25, -0.2) is 18.2 Å². The molecule has 0 bridgehead atoms. The van der Waals surface area contributed by atoms with Gasteiger partial charge in [0.2, 0.25) is 0 Å². The minimum Gasteiger partial charge on any atom is -0.494 e. The summed E-state index contributed by atoms with van der Waals surface area (Å²) in [5.74, 6) is -1.77. The van der Waals surface area contributed by atoms with Crippen molar-refractivity contribution in [3.8, 4) is 17.0 Å². The van der Waals surface area contributed by atoms with Crippen LogP contribution in [0.5, 0.6) is 5.75 Å². The van der Waals surface area contributed by atoms with Crippen LogP contribution in [0.4, 0.5) is 13.2 Å². The number of H-pyrrole nitrogens is 1. The lowest BCUT2D eigenvalue weighted by Crippen LogP contribution is -2.21. The number of thioether (sulfide) groups is 1. The SMILES string of the molecule is COc1cc(C(C)(C)c2[nH]c(SCc3c(F)cc(S(=O)(=O)O)cc3Cl)nc2-c2ccc(F)cc2)ccc1F. The van der Waals surface area contributed by atoms with E-state index in [1.807, 2.05) is 13.8 Å². The van der Waals surface area contributed by atoms with Gasteiger partial charge in [0.25, 0.3) is 10.1 Å². The first kappa shape index (κ1) is 28.0. The summed E-state index contributed by atoms with van der Waals surface area (Å²) in [7, 11) is -3.26. The van der Waals surface area contributed by atoms with Crippen LogP contribution in [0.25, 0.3) is 11.3 Å². The molecular formula is C26H22ClF3N2O4S2. The molecule has 0 spiro atoms. The van der Waals surface area contributed by atoms with Gasteiger partial charge >= 0.3 is 0 Å².